The number of alkyl halides is 3. The number of hydrogen-bond donors (Lipinski definition) is 1. The highest BCUT2D eigenvalue weighted by Crippen LogP contribution is 2.23. The Bertz CT molecular complexity index is 352. The van der Waals surface area contributed by atoms with E-state index in [1.54, 1.807) is 19.1 Å². The van der Waals surface area contributed by atoms with Crippen LogP contribution in [0.2, 0.25) is 0 Å². The van der Waals surface area contributed by atoms with Gasteiger partial charge in [-0.05, 0) is 31.5 Å². The van der Waals surface area contributed by atoms with Crippen LogP contribution in [0.1, 0.15) is 12.5 Å². The fraction of sp³-hybridized carbons (Fsp3) is 0.545. The molecule has 3 nitrogen and oxygen atoms in total. The van der Waals surface area contributed by atoms with Gasteiger partial charge in [-0.25, -0.2) is 4.98 Å². The molecule has 0 aliphatic heterocycles. The molecule has 0 fully saturated rings. The number of nitrogens with two attached hydrogens (primary N) is 1. The van der Waals surface area contributed by atoms with E-state index in [4.69, 9.17) is 5.73 Å². The Balaban J connectivity index is 2.94. The first-order valence-electron chi connectivity index (χ1n) is 5.43. The van der Waals surface area contributed by atoms with E-state index in [-0.39, 0.29) is 6.54 Å². The van der Waals surface area contributed by atoms with Crippen LogP contribution in [-0.4, -0.2) is 30.8 Å². The molecule has 1 heterocycles. The van der Waals surface area contributed by atoms with Gasteiger partial charge in [0.1, 0.15) is 12.4 Å². The smallest absolute Gasteiger partial charge is 0.348 e. The summed E-state index contributed by atoms with van der Waals surface area (Å²) in [5, 5.41) is 0. The molecule has 0 saturated carbocycles. The summed E-state index contributed by atoms with van der Waals surface area (Å²) in [6, 6.07) is 3.46. The third-order valence-corrected chi connectivity index (χ3v) is 2.33. The molecule has 0 spiro atoms. The molecule has 0 aliphatic rings. The van der Waals surface area contributed by atoms with E-state index in [9.17, 15) is 13.2 Å². The van der Waals surface area contributed by atoms with Crippen LogP contribution in [0.4, 0.5) is 19.0 Å². The molecule has 0 aromatic carbocycles. The van der Waals surface area contributed by atoms with E-state index in [0.717, 1.165) is 5.56 Å². The standard InChI is InChI=1S/C11H16F3N3/c1-2-17(8-11(12,13)14)10-9(5-6-15)4-3-7-16-10/h3-4,7H,2,5-6,8,15H2,1H3. The van der Waals surface area contributed by atoms with Crippen molar-refractivity contribution in [3.05, 3.63) is 23.9 Å². The van der Waals surface area contributed by atoms with Gasteiger partial charge < -0.3 is 10.6 Å². The van der Waals surface area contributed by atoms with E-state index < -0.39 is 12.7 Å². The average Bonchev–Trinajstić information content (AvgIpc) is 2.26. The first kappa shape index (κ1) is 13.8. The number of anilines is 1. The summed E-state index contributed by atoms with van der Waals surface area (Å²) in [5.41, 5.74) is 6.18. The second-order valence-corrected chi connectivity index (χ2v) is 3.65. The Labute approximate surface area is 98.4 Å². The van der Waals surface area contributed by atoms with Gasteiger partial charge >= 0.3 is 6.18 Å². The minimum absolute atomic E-state index is 0.258. The summed E-state index contributed by atoms with van der Waals surface area (Å²) in [6.07, 6.45) is -2.21. The number of nitrogens with zero attached hydrogens (tertiary/aromatic N) is 2. The predicted molar refractivity (Wildman–Crippen MR) is 60.9 cm³/mol. The highest BCUT2D eigenvalue weighted by Gasteiger charge is 2.31. The van der Waals surface area contributed by atoms with Gasteiger partial charge in [-0.15, -0.1) is 0 Å². The number of hydrogen-bond acceptors (Lipinski definition) is 3. The van der Waals surface area contributed by atoms with Crippen molar-refractivity contribution in [1.29, 1.82) is 0 Å². The number of pyridine rings is 1. The van der Waals surface area contributed by atoms with E-state index in [0.29, 0.717) is 18.8 Å². The summed E-state index contributed by atoms with van der Waals surface area (Å²) < 4.78 is 37.2. The van der Waals surface area contributed by atoms with E-state index in [1.807, 2.05) is 0 Å². The third-order valence-electron chi connectivity index (χ3n) is 2.33. The van der Waals surface area contributed by atoms with Crippen molar-refractivity contribution in [2.75, 3.05) is 24.5 Å². The fourth-order valence-electron chi connectivity index (χ4n) is 1.62. The SMILES string of the molecule is CCN(CC(F)(F)F)c1ncccc1CCN. The molecule has 0 atom stereocenters. The lowest BCUT2D eigenvalue weighted by molar-refractivity contribution is -0.119. The van der Waals surface area contributed by atoms with Crippen LogP contribution in [0.25, 0.3) is 0 Å². The van der Waals surface area contributed by atoms with Gasteiger partial charge in [-0.3, -0.25) is 0 Å². The Kier molecular flexibility index (Phi) is 4.74. The zero-order valence-corrected chi connectivity index (χ0v) is 9.67. The maximum absolute atomic E-state index is 12.4. The molecule has 0 bridgehead atoms. The van der Waals surface area contributed by atoms with Crippen molar-refractivity contribution < 1.29 is 13.2 Å². The lowest BCUT2D eigenvalue weighted by atomic mass is 10.2. The van der Waals surface area contributed by atoms with Crippen LogP contribution in [0.5, 0.6) is 0 Å². The Hall–Kier alpha value is -1.30. The number of rotatable bonds is 5. The van der Waals surface area contributed by atoms with E-state index in [2.05, 4.69) is 4.98 Å². The molecule has 0 aliphatic carbocycles. The molecule has 0 radical (unpaired) electrons. The largest absolute Gasteiger partial charge is 0.405 e. The predicted octanol–water partition coefficient (Wildman–Crippen LogP) is 1.97. The maximum Gasteiger partial charge on any atom is 0.405 e. The normalized spacial score (nSPS) is 11.6. The minimum atomic E-state index is -4.23. The van der Waals surface area contributed by atoms with Gasteiger partial charge in [0.05, 0.1) is 0 Å². The first-order valence-corrected chi connectivity index (χ1v) is 5.43. The molecule has 2 N–H and O–H groups in total. The summed E-state index contributed by atoms with van der Waals surface area (Å²) in [4.78, 5) is 5.24. The Morgan fingerprint density at radius 3 is 2.65 bits per heavy atom. The third kappa shape index (κ3) is 4.22. The zero-order chi connectivity index (χ0) is 12.9. The Morgan fingerprint density at radius 2 is 2.12 bits per heavy atom. The molecule has 0 saturated heterocycles. The molecule has 0 unspecified atom stereocenters. The lowest BCUT2D eigenvalue weighted by Gasteiger charge is -2.25. The molecule has 1 aromatic heterocycles. The zero-order valence-electron chi connectivity index (χ0n) is 9.67. The first-order chi connectivity index (χ1) is 7.98. The van der Waals surface area contributed by atoms with Crippen molar-refractivity contribution in [1.82, 2.24) is 4.98 Å². The van der Waals surface area contributed by atoms with Crippen molar-refractivity contribution >= 4 is 5.82 Å². The van der Waals surface area contributed by atoms with Gasteiger partial charge in [0.15, 0.2) is 0 Å². The van der Waals surface area contributed by atoms with Crippen LogP contribution < -0.4 is 10.6 Å². The molecule has 96 valence electrons. The quantitative estimate of drug-likeness (QED) is 0.865. The summed E-state index contributed by atoms with van der Waals surface area (Å²) in [7, 11) is 0. The second kappa shape index (κ2) is 5.86. The molecule has 0 amide bonds. The van der Waals surface area contributed by atoms with Crippen LogP contribution in [0, 0.1) is 0 Å². The molecular weight excluding hydrogens is 231 g/mol. The summed E-state index contributed by atoms with van der Waals surface area (Å²) in [6.45, 7) is 1.33. The highest BCUT2D eigenvalue weighted by atomic mass is 19.4. The van der Waals surface area contributed by atoms with Crippen LogP contribution >= 0.6 is 0 Å². The van der Waals surface area contributed by atoms with Crippen molar-refractivity contribution in [3.63, 3.8) is 0 Å². The Morgan fingerprint density at radius 1 is 1.41 bits per heavy atom. The second-order valence-electron chi connectivity index (χ2n) is 3.65. The topological polar surface area (TPSA) is 42.2 Å². The van der Waals surface area contributed by atoms with Crippen molar-refractivity contribution in [2.45, 2.75) is 19.5 Å². The molecule has 6 heteroatoms. The lowest BCUT2D eigenvalue weighted by Crippen LogP contribution is -2.35. The monoisotopic (exact) mass is 247 g/mol. The molecule has 1 aromatic rings. The average molecular weight is 247 g/mol. The molecule has 1 rings (SSSR count). The molecule has 17 heavy (non-hydrogen) atoms. The fourth-order valence-corrected chi connectivity index (χ4v) is 1.62. The van der Waals surface area contributed by atoms with E-state index in [1.165, 1.54) is 11.1 Å². The van der Waals surface area contributed by atoms with Gasteiger partial charge in [0, 0.05) is 12.7 Å². The van der Waals surface area contributed by atoms with Crippen molar-refractivity contribution in [3.8, 4) is 0 Å². The van der Waals surface area contributed by atoms with Crippen LogP contribution in [0.15, 0.2) is 18.3 Å². The van der Waals surface area contributed by atoms with Gasteiger partial charge in [-0.1, -0.05) is 6.07 Å². The van der Waals surface area contributed by atoms with Crippen LogP contribution in [-0.2, 0) is 6.42 Å². The highest BCUT2D eigenvalue weighted by molar-refractivity contribution is 5.47. The number of aromatic nitrogens is 1. The van der Waals surface area contributed by atoms with Gasteiger partial charge in [0.2, 0.25) is 0 Å². The summed E-state index contributed by atoms with van der Waals surface area (Å²) >= 11 is 0. The van der Waals surface area contributed by atoms with Gasteiger partial charge in [-0.2, -0.15) is 13.2 Å². The van der Waals surface area contributed by atoms with Crippen molar-refractivity contribution in [2.24, 2.45) is 5.73 Å². The maximum atomic E-state index is 12.4. The number of halogens is 3. The van der Waals surface area contributed by atoms with Gasteiger partial charge in [0.25, 0.3) is 0 Å². The molecular formula is C11H16F3N3. The van der Waals surface area contributed by atoms with Crippen LogP contribution in [0.3, 0.4) is 0 Å². The summed E-state index contributed by atoms with van der Waals surface area (Å²) in [5.74, 6) is 0.373. The van der Waals surface area contributed by atoms with E-state index >= 15 is 0 Å². The minimum Gasteiger partial charge on any atom is -0.348 e.